The number of carbonyl (C=O) groups excluding carboxylic acids is 1. The normalized spacial score (nSPS) is 10.4. The van der Waals surface area contributed by atoms with Gasteiger partial charge in [0.1, 0.15) is 11.5 Å². The van der Waals surface area contributed by atoms with Crippen molar-refractivity contribution in [3.05, 3.63) is 43.6 Å². The first-order valence-corrected chi connectivity index (χ1v) is 7.49. The summed E-state index contributed by atoms with van der Waals surface area (Å²) >= 11 is 10.9. The van der Waals surface area contributed by atoms with Gasteiger partial charge in [-0.3, -0.25) is 4.79 Å². The topological polar surface area (TPSA) is 68.0 Å². The number of anilines is 1. The minimum Gasteiger partial charge on any atom is -0.384 e. The number of thiophene rings is 1. The van der Waals surface area contributed by atoms with Gasteiger partial charge >= 0.3 is 0 Å². The summed E-state index contributed by atoms with van der Waals surface area (Å²) in [5.74, 6) is -0.0374. The largest absolute Gasteiger partial charge is 0.384 e. The fourth-order valence-electron chi connectivity index (χ4n) is 1.49. The average Bonchev–Trinajstić information content (AvgIpc) is 2.78. The molecule has 0 saturated heterocycles. The number of carbonyl (C=O) groups is 1. The number of nitrogens with two attached hydrogens (primary N) is 1. The van der Waals surface area contributed by atoms with Gasteiger partial charge < -0.3 is 11.1 Å². The third-order valence-electron chi connectivity index (χ3n) is 2.37. The van der Waals surface area contributed by atoms with Gasteiger partial charge in [0.25, 0.3) is 5.91 Å². The Morgan fingerprint density at radius 2 is 2.21 bits per heavy atom. The summed E-state index contributed by atoms with van der Waals surface area (Å²) in [7, 11) is 0. The Kier molecular flexibility index (Phi) is 4.79. The zero-order valence-corrected chi connectivity index (χ0v) is 13.0. The number of nitrogen functional groups attached to an aromatic ring is 1. The van der Waals surface area contributed by atoms with Gasteiger partial charge in [0, 0.05) is 11.4 Å². The van der Waals surface area contributed by atoms with Crippen LogP contribution in [-0.4, -0.2) is 17.4 Å². The number of pyridine rings is 1. The van der Waals surface area contributed by atoms with E-state index in [1.165, 1.54) is 4.88 Å². The van der Waals surface area contributed by atoms with Crippen LogP contribution < -0.4 is 11.1 Å². The zero-order chi connectivity index (χ0) is 13.8. The molecule has 3 N–H and O–H groups in total. The maximum Gasteiger partial charge on any atom is 0.271 e. The van der Waals surface area contributed by atoms with Crippen molar-refractivity contribution in [2.75, 3.05) is 12.3 Å². The van der Waals surface area contributed by atoms with Crippen molar-refractivity contribution in [1.82, 2.24) is 10.3 Å². The zero-order valence-electron chi connectivity index (χ0n) is 9.82. The molecule has 1 amide bonds. The molecule has 2 aromatic rings. The number of amides is 1. The molecule has 2 heterocycles. The lowest BCUT2D eigenvalue weighted by Gasteiger charge is -2.05. The summed E-state index contributed by atoms with van der Waals surface area (Å²) in [6, 6.07) is 7.13. The molecule has 0 aromatic carbocycles. The van der Waals surface area contributed by atoms with E-state index < -0.39 is 0 Å². The van der Waals surface area contributed by atoms with Crippen molar-refractivity contribution >= 4 is 50.6 Å². The lowest BCUT2D eigenvalue weighted by Crippen LogP contribution is -2.26. The first kappa shape index (κ1) is 14.3. The highest BCUT2D eigenvalue weighted by Gasteiger charge is 2.12. The summed E-state index contributed by atoms with van der Waals surface area (Å²) in [5, 5.41) is 3.07. The molecule has 0 aliphatic heterocycles. The molecule has 7 heteroatoms. The minimum absolute atomic E-state index is 0.161. The van der Waals surface area contributed by atoms with Crippen LogP contribution in [0.4, 0.5) is 5.82 Å². The van der Waals surface area contributed by atoms with E-state index in [-0.39, 0.29) is 17.4 Å². The highest BCUT2D eigenvalue weighted by molar-refractivity contribution is 9.11. The van der Waals surface area contributed by atoms with Gasteiger partial charge in [0.15, 0.2) is 0 Å². The maximum absolute atomic E-state index is 11.9. The number of nitrogens with one attached hydrogen (secondary N) is 1. The predicted octanol–water partition coefficient (Wildman–Crippen LogP) is 3.11. The number of nitrogens with zero attached hydrogens (tertiary/aromatic N) is 1. The third kappa shape index (κ3) is 3.92. The summed E-state index contributed by atoms with van der Waals surface area (Å²) in [4.78, 5) is 17.0. The van der Waals surface area contributed by atoms with Gasteiger partial charge in [-0.05, 0) is 46.6 Å². The standard InChI is InChI=1S/C12H11BrClN3OS/c13-9-3-1-7(19-9)5-6-16-12(18)11-8(14)2-4-10(15)17-11/h1-4H,5-6H2,(H2,15,17)(H,16,18). The van der Waals surface area contributed by atoms with Crippen LogP contribution in [0.5, 0.6) is 0 Å². The van der Waals surface area contributed by atoms with Gasteiger partial charge in [-0.15, -0.1) is 11.3 Å². The van der Waals surface area contributed by atoms with E-state index in [2.05, 4.69) is 26.2 Å². The van der Waals surface area contributed by atoms with Crippen molar-refractivity contribution in [3.63, 3.8) is 0 Å². The van der Waals surface area contributed by atoms with Crippen molar-refractivity contribution in [3.8, 4) is 0 Å². The van der Waals surface area contributed by atoms with Crippen LogP contribution in [0.1, 0.15) is 15.4 Å². The molecule has 0 atom stereocenters. The molecule has 0 unspecified atom stereocenters. The maximum atomic E-state index is 11.9. The Bertz CT molecular complexity index is 602. The fourth-order valence-corrected chi connectivity index (χ4v) is 3.16. The predicted molar refractivity (Wildman–Crippen MR) is 81.7 cm³/mol. The van der Waals surface area contributed by atoms with E-state index in [0.717, 1.165) is 10.2 Å². The second-order valence-corrected chi connectivity index (χ2v) is 6.73. The second kappa shape index (κ2) is 6.36. The van der Waals surface area contributed by atoms with Crippen molar-refractivity contribution in [2.45, 2.75) is 6.42 Å². The Balaban J connectivity index is 1.92. The van der Waals surface area contributed by atoms with Crippen LogP contribution in [-0.2, 0) is 6.42 Å². The van der Waals surface area contributed by atoms with Crippen LogP contribution in [0.3, 0.4) is 0 Å². The monoisotopic (exact) mass is 359 g/mol. The van der Waals surface area contributed by atoms with Crippen LogP contribution in [0.15, 0.2) is 28.1 Å². The van der Waals surface area contributed by atoms with Gasteiger partial charge in [0.2, 0.25) is 0 Å². The van der Waals surface area contributed by atoms with Crippen molar-refractivity contribution in [1.29, 1.82) is 0 Å². The van der Waals surface area contributed by atoms with E-state index in [9.17, 15) is 4.79 Å². The van der Waals surface area contributed by atoms with E-state index >= 15 is 0 Å². The first-order valence-electron chi connectivity index (χ1n) is 5.50. The van der Waals surface area contributed by atoms with Gasteiger partial charge in [-0.1, -0.05) is 11.6 Å². The molecule has 2 aromatic heterocycles. The number of hydrogen-bond acceptors (Lipinski definition) is 4. The quantitative estimate of drug-likeness (QED) is 0.880. The van der Waals surface area contributed by atoms with E-state index in [1.807, 2.05) is 12.1 Å². The minimum atomic E-state index is -0.312. The van der Waals surface area contributed by atoms with Crippen LogP contribution in [0.25, 0.3) is 0 Å². The molecule has 0 spiro atoms. The lowest BCUT2D eigenvalue weighted by molar-refractivity contribution is 0.0949. The molecular weight excluding hydrogens is 350 g/mol. The van der Waals surface area contributed by atoms with Crippen LogP contribution in [0.2, 0.25) is 5.02 Å². The molecule has 4 nitrogen and oxygen atoms in total. The molecule has 0 aliphatic carbocycles. The average molecular weight is 361 g/mol. The summed E-state index contributed by atoms with van der Waals surface area (Å²) in [5.41, 5.74) is 5.70. The lowest BCUT2D eigenvalue weighted by atomic mass is 10.3. The Morgan fingerprint density at radius 1 is 1.42 bits per heavy atom. The highest BCUT2D eigenvalue weighted by Crippen LogP contribution is 2.22. The van der Waals surface area contributed by atoms with Crippen LogP contribution in [0, 0.1) is 0 Å². The number of rotatable bonds is 4. The van der Waals surface area contributed by atoms with Crippen molar-refractivity contribution in [2.24, 2.45) is 0 Å². The SMILES string of the molecule is Nc1ccc(Cl)c(C(=O)NCCc2ccc(Br)s2)n1. The van der Waals surface area contributed by atoms with Gasteiger partial charge in [-0.25, -0.2) is 4.98 Å². The van der Waals surface area contributed by atoms with E-state index in [4.69, 9.17) is 17.3 Å². The summed E-state index contributed by atoms with van der Waals surface area (Å²) < 4.78 is 1.08. The molecule has 0 saturated carbocycles. The Hall–Kier alpha value is -1.11. The van der Waals surface area contributed by atoms with E-state index in [1.54, 1.807) is 23.5 Å². The molecule has 2 rings (SSSR count). The number of hydrogen-bond donors (Lipinski definition) is 2. The molecule has 19 heavy (non-hydrogen) atoms. The Labute approximate surface area is 128 Å². The summed E-state index contributed by atoms with van der Waals surface area (Å²) in [6.45, 7) is 0.526. The van der Waals surface area contributed by atoms with Gasteiger partial charge in [0.05, 0.1) is 8.81 Å². The molecular formula is C12H11BrClN3OS. The van der Waals surface area contributed by atoms with Crippen molar-refractivity contribution < 1.29 is 4.79 Å². The Morgan fingerprint density at radius 3 is 2.89 bits per heavy atom. The number of aromatic nitrogens is 1. The second-order valence-electron chi connectivity index (χ2n) is 3.78. The smallest absolute Gasteiger partial charge is 0.271 e. The molecule has 100 valence electrons. The molecule has 0 aliphatic rings. The highest BCUT2D eigenvalue weighted by atomic mass is 79.9. The fraction of sp³-hybridized carbons (Fsp3) is 0.167. The van der Waals surface area contributed by atoms with E-state index in [0.29, 0.717) is 11.6 Å². The summed E-state index contributed by atoms with van der Waals surface area (Å²) in [6.07, 6.45) is 0.766. The molecule has 0 bridgehead atoms. The van der Waals surface area contributed by atoms with Gasteiger partial charge in [-0.2, -0.15) is 0 Å². The third-order valence-corrected chi connectivity index (χ3v) is 4.36. The first-order chi connectivity index (χ1) is 9.06. The van der Waals surface area contributed by atoms with Crippen LogP contribution >= 0.6 is 38.9 Å². The molecule has 0 radical (unpaired) electrons. The molecule has 0 fully saturated rings. The number of halogens is 2.